The van der Waals surface area contributed by atoms with Crippen LogP contribution in [0.2, 0.25) is 0 Å². The van der Waals surface area contributed by atoms with E-state index in [2.05, 4.69) is 6.07 Å². The number of ether oxygens (including phenoxy) is 1. The molecule has 0 aromatic heterocycles. The number of hydrogen-bond donors (Lipinski definition) is 2. The molecule has 0 aliphatic carbocycles. The van der Waals surface area contributed by atoms with Gasteiger partial charge < -0.3 is 14.9 Å². The van der Waals surface area contributed by atoms with E-state index in [9.17, 15) is 9.90 Å². The van der Waals surface area contributed by atoms with Crippen LogP contribution in [-0.4, -0.2) is 29.4 Å². The second-order valence-corrected chi connectivity index (χ2v) is 4.60. The van der Waals surface area contributed by atoms with E-state index in [0.29, 0.717) is 0 Å². The van der Waals surface area contributed by atoms with E-state index >= 15 is 0 Å². The zero-order valence-electron chi connectivity index (χ0n) is 11.3. The lowest BCUT2D eigenvalue weighted by Crippen LogP contribution is -2.15. The maximum Gasteiger partial charge on any atom is 0.329 e. The van der Waals surface area contributed by atoms with Gasteiger partial charge >= 0.3 is 5.97 Å². The lowest BCUT2D eigenvalue weighted by Gasteiger charge is -2.20. The molecule has 1 unspecified atom stereocenters. The molecule has 4 heteroatoms. The van der Waals surface area contributed by atoms with Crippen molar-refractivity contribution in [3.05, 3.63) is 33.9 Å². The van der Waals surface area contributed by atoms with Crippen LogP contribution >= 0.6 is 0 Å². The third kappa shape index (κ3) is 3.31. The highest BCUT2D eigenvalue weighted by molar-refractivity contribution is 5.68. The van der Waals surface area contributed by atoms with Crippen LogP contribution in [0.15, 0.2) is 6.07 Å². The number of rotatable bonds is 5. The predicted octanol–water partition coefficient (Wildman–Crippen LogP) is 2.05. The molecule has 100 valence electrons. The summed E-state index contributed by atoms with van der Waals surface area (Å²) in [6.07, 6.45) is -0.789. The average molecular weight is 252 g/mol. The molecule has 1 rings (SSSR count). The number of hydrogen-bond acceptors (Lipinski definition) is 3. The first-order valence-electron chi connectivity index (χ1n) is 5.89. The van der Waals surface area contributed by atoms with Crippen molar-refractivity contribution in [2.75, 3.05) is 13.2 Å². The van der Waals surface area contributed by atoms with Gasteiger partial charge in [0.1, 0.15) is 12.7 Å². The largest absolute Gasteiger partial charge is 0.480 e. The summed E-state index contributed by atoms with van der Waals surface area (Å²) in [7, 11) is 0. The number of benzene rings is 1. The number of aryl methyl sites for hydroxylation is 2. The number of carboxylic acid groups (broad SMARTS) is 1. The van der Waals surface area contributed by atoms with Crippen molar-refractivity contribution in [1.82, 2.24) is 0 Å². The summed E-state index contributed by atoms with van der Waals surface area (Å²) in [5.41, 5.74) is 5.14. The Balaban J connectivity index is 2.91. The van der Waals surface area contributed by atoms with Crippen LogP contribution in [0.4, 0.5) is 0 Å². The minimum absolute atomic E-state index is 0.00310. The first-order valence-corrected chi connectivity index (χ1v) is 5.89. The normalized spacial score (nSPS) is 12.5. The van der Waals surface area contributed by atoms with Gasteiger partial charge in [-0.25, -0.2) is 4.79 Å². The fourth-order valence-corrected chi connectivity index (χ4v) is 2.09. The van der Waals surface area contributed by atoms with Gasteiger partial charge in [0.25, 0.3) is 0 Å². The van der Waals surface area contributed by atoms with Gasteiger partial charge in [-0.15, -0.1) is 0 Å². The molecule has 0 saturated carbocycles. The molecule has 0 amide bonds. The standard InChI is InChI=1S/C14H20O4/c1-8-5-9(2)11(4)14(10(8)3)12(15)6-18-7-13(16)17/h5,12,15H,6-7H2,1-4H3,(H,16,17). The number of aliphatic hydroxyl groups is 1. The minimum Gasteiger partial charge on any atom is -0.480 e. The smallest absolute Gasteiger partial charge is 0.329 e. The molecule has 0 aliphatic heterocycles. The third-order valence-electron chi connectivity index (χ3n) is 3.26. The molecular weight excluding hydrogens is 232 g/mol. The van der Waals surface area contributed by atoms with Gasteiger partial charge in [0, 0.05) is 0 Å². The van der Waals surface area contributed by atoms with Gasteiger partial charge in [0.2, 0.25) is 0 Å². The molecule has 1 aromatic carbocycles. The number of carbonyl (C=O) groups is 1. The summed E-state index contributed by atoms with van der Waals surface area (Å²) >= 11 is 0. The quantitative estimate of drug-likeness (QED) is 0.841. The SMILES string of the molecule is Cc1cc(C)c(C)c(C(O)COCC(=O)O)c1C. The number of aliphatic carboxylic acids is 1. The maximum absolute atomic E-state index is 10.4. The summed E-state index contributed by atoms with van der Waals surface area (Å²) in [6, 6.07) is 2.08. The molecule has 4 nitrogen and oxygen atoms in total. The topological polar surface area (TPSA) is 66.8 Å². The molecule has 0 radical (unpaired) electrons. The van der Waals surface area contributed by atoms with Crippen LogP contribution in [0.5, 0.6) is 0 Å². The van der Waals surface area contributed by atoms with Crippen molar-refractivity contribution in [3.63, 3.8) is 0 Å². The fraction of sp³-hybridized carbons (Fsp3) is 0.500. The van der Waals surface area contributed by atoms with Gasteiger partial charge in [0.15, 0.2) is 0 Å². The molecule has 1 atom stereocenters. The van der Waals surface area contributed by atoms with Crippen LogP contribution in [0, 0.1) is 27.7 Å². The van der Waals surface area contributed by atoms with Crippen molar-refractivity contribution >= 4 is 5.97 Å². The van der Waals surface area contributed by atoms with E-state index in [4.69, 9.17) is 9.84 Å². The van der Waals surface area contributed by atoms with E-state index < -0.39 is 12.1 Å². The van der Waals surface area contributed by atoms with Crippen molar-refractivity contribution in [3.8, 4) is 0 Å². The molecule has 0 spiro atoms. The summed E-state index contributed by atoms with van der Waals surface area (Å²) in [5.74, 6) is -1.03. The van der Waals surface area contributed by atoms with Crippen LogP contribution < -0.4 is 0 Å². The molecule has 18 heavy (non-hydrogen) atoms. The second-order valence-electron chi connectivity index (χ2n) is 4.60. The van der Waals surface area contributed by atoms with Gasteiger partial charge in [-0.3, -0.25) is 0 Å². The lowest BCUT2D eigenvalue weighted by atomic mass is 9.91. The van der Waals surface area contributed by atoms with Crippen LogP contribution in [0.25, 0.3) is 0 Å². The van der Waals surface area contributed by atoms with Gasteiger partial charge in [0.05, 0.1) is 6.61 Å². The van der Waals surface area contributed by atoms with Crippen LogP contribution in [-0.2, 0) is 9.53 Å². The highest BCUT2D eigenvalue weighted by Gasteiger charge is 2.17. The Bertz CT molecular complexity index is 425. The Morgan fingerprint density at radius 2 is 1.72 bits per heavy atom. The highest BCUT2D eigenvalue weighted by atomic mass is 16.5. The van der Waals surface area contributed by atoms with Gasteiger partial charge in [-0.05, 0) is 55.5 Å². The van der Waals surface area contributed by atoms with Crippen molar-refractivity contribution in [2.45, 2.75) is 33.8 Å². The van der Waals surface area contributed by atoms with E-state index in [1.165, 1.54) is 0 Å². The van der Waals surface area contributed by atoms with Crippen molar-refractivity contribution in [2.24, 2.45) is 0 Å². The highest BCUT2D eigenvalue weighted by Crippen LogP contribution is 2.27. The zero-order chi connectivity index (χ0) is 13.9. The summed E-state index contributed by atoms with van der Waals surface area (Å²) in [4.78, 5) is 10.4. The minimum atomic E-state index is -1.03. The van der Waals surface area contributed by atoms with E-state index in [0.717, 1.165) is 27.8 Å². The van der Waals surface area contributed by atoms with Gasteiger partial charge in [-0.1, -0.05) is 6.07 Å². The van der Waals surface area contributed by atoms with Crippen LogP contribution in [0.1, 0.15) is 33.9 Å². The number of aliphatic hydroxyl groups excluding tert-OH is 1. The van der Waals surface area contributed by atoms with Crippen LogP contribution in [0.3, 0.4) is 0 Å². The summed E-state index contributed by atoms with van der Waals surface area (Å²) in [5, 5.41) is 18.6. The Labute approximate surface area is 107 Å². The fourth-order valence-electron chi connectivity index (χ4n) is 2.09. The molecule has 0 fully saturated rings. The molecule has 0 heterocycles. The molecule has 0 aliphatic rings. The molecule has 0 saturated heterocycles. The Hall–Kier alpha value is -1.39. The van der Waals surface area contributed by atoms with E-state index in [1.807, 2.05) is 27.7 Å². The average Bonchev–Trinajstić information content (AvgIpc) is 2.26. The maximum atomic E-state index is 10.4. The molecule has 1 aromatic rings. The predicted molar refractivity (Wildman–Crippen MR) is 68.8 cm³/mol. The Kier molecular flexibility index (Phi) is 4.87. The molecular formula is C14H20O4. The Morgan fingerprint density at radius 1 is 1.22 bits per heavy atom. The lowest BCUT2D eigenvalue weighted by molar-refractivity contribution is -0.143. The van der Waals surface area contributed by atoms with Crippen molar-refractivity contribution in [1.29, 1.82) is 0 Å². The Morgan fingerprint density at radius 3 is 2.17 bits per heavy atom. The summed E-state index contributed by atoms with van der Waals surface area (Å²) in [6.45, 7) is 7.51. The first-order chi connectivity index (χ1) is 8.34. The molecule has 0 bridgehead atoms. The monoisotopic (exact) mass is 252 g/mol. The van der Waals surface area contributed by atoms with E-state index in [-0.39, 0.29) is 13.2 Å². The third-order valence-corrected chi connectivity index (χ3v) is 3.26. The molecule has 2 N–H and O–H groups in total. The van der Waals surface area contributed by atoms with Crippen molar-refractivity contribution < 1.29 is 19.7 Å². The second kappa shape index (κ2) is 5.98. The number of carboxylic acids is 1. The van der Waals surface area contributed by atoms with Gasteiger partial charge in [-0.2, -0.15) is 0 Å². The zero-order valence-corrected chi connectivity index (χ0v) is 11.3. The summed E-state index contributed by atoms with van der Waals surface area (Å²) < 4.78 is 4.95. The first kappa shape index (κ1) is 14.7. The van der Waals surface area contributed by atoms with E-state index in [1.54, 1.807) is 0 Å².